The molecule has 0 bridgehead atoms. The molecular formula is C30H39F3N2OS. The zero-order chi connectivity index (χ0) is 25.7. The molecule has 2 aromatic carbocycles. The summed E-state index contributed by atoms with van der Waals surface area (Å²) >= 11 is 1.79. The first-order chi connectivity index (χ1) is 18.0. The van der Waals surface area contributed by atoms with Crippen molar-refractivity contribution in [3.8, 4) is 5.75 Å². The smallest absolute Gasteiger partial charge is 0.416 e. The van der Waals surface area contributed by atoms with Crippen molar-refractivity contribution in [2.24, 2.45) is 11.8 Å². The topological polar surface area (TPSA) is 15.7 Å². The highest BCUT2D eigenvalue weighted by molar-refractivity contribution is 7.97. The lowest BCUT2D eigenvalue weighted by Gasteiger charge is -2.41. The Hall–Kier alpha value is -1.70. The van der Waals surface area contributed by atoms with Crippen LogP contribution in [0.4, 0.5) is 13.2 Å². The third-order valence-electron chi connectivity index (χ3n) is 8.36. The van der Waals surface area contributed by atoms with Crippen molar-refractivity contribution in [2.75, 3.05) is 32.8 Å². The summed E-state index contributed by atoms with van der Waals surface area (Å²) in [7, 11) is 0. The van der Waals surface area contributed by atoms with Crippen molar-refractivity contribution in [1.29, 1.82) is 0 Å². The van der Waals surface area contributed by atoms with Crippen molar-refractivity contribution in [2.45, 2.75) is 74.9 Å². The summed E-state index contributed by atoms with van der Waals surface area (Å²) in [4.78, 5) is 3.73. The number of benzene rings is 2. The van der Waals surface area contributed by atoms with Crippen LogP contribution in [0.3, 0.4) is 0 Å². The Morgan fingerprint density at radius 1 is 0.784 bits per heavy atom. The van der Waals surface area contributed by atoms with E-state index in [1.807, 2.05) is 0 Å². The average Bonchev–Trinajstić information content (AvgIpc) is 3.44. The van der Waals surface area contributed by atoms with Crippen LogP contribution in [0.5, 0.6) is 5.75 Å². The summed E-state index contributed by atoms with van der Waals surface area (Å²) in [6.45, 7) is 4.56. The summed E-state index contributed by atoms with van der Waals surface area (Å²) < 4.78 is 47.8. The Balaban J connectivity index is 1.14. The van der Waals surface area contributed by atoms with Gasteiger partial charge in [0.15, 0.2) is 0 Å². The van der Waals surface area contributed by atoms with E-state index in [2.05, 4.69) is 33.5 Å². The van der Waals surface area contributed by atoms with Crippen LogP contribution in [0, 0.1) is 11.8 Å². The summed E-state index contributed by atoms with van der Waals surface area (Å²) in [5, 5.41) is 0. The zero-order valence-corrected chi connectivity index (χ0v) is 22.4. The molecule has 5 rings (SSSR count). The van der Waals surface area contributed by atoms with Crippen LogP contribution in [0.1, 0.15) is 75.0 Å². The highest BCUT2D eigenvalue weighted by atomic mass is 32.2. The molecule has 0 radical (unpaired) electrons. The molecule has 1 atom stereocenters. The lowest BCUT2D eigenvalue weighted by atomic mass is 9.89. The molecule has 3 fully saturated rings. The van der Waals surface area contributed by atoms with Gasteiger partial charge in [0, 0.05) is 37.1 Å². The van der Waals surface area contributed by atoms with Crippen LogP contribution in [-0.4, -0.2) is 42.0 Å². The summed E-state index contributed by atoms with van der Waals surface area (Å²) in [6, 6.07) is 14.6. The van der Waals surface area contributed by atoms with Gasteiger partial charge >= 0.3 is 6.18 Å². The highest BCUT2D eigenvalue weighted by Gasteiger charge is 2.35. The monoisotopic (exact) mass is 532 g/mol. The van der Waals surface area contributed by atoms with Crippen LogP contribution in [0.2, 0.25) is 0 Å². The largest absolute Gasteiger partial charge is 0.493 e. The van der Waals surface area contributed by atoms with E-state index in [4.69, 9.17) is 4.74 Å². The van der Waals surface area contributed by atoms with Crippen molar-refractivity contribution >= 4 is 11.9 Å². The maximum atomic E-state index is 13.1. The number of piperazine rings is 1. The molecule has 2 saturated carbocycles. The van der Waals surface area contributed by atoms with Crippen molar-refractivity contribution in [3.63, 3.8) is 0 Å². The van der Waals surface area contributed by atoms with E-state index < -0.39 is 11.7 Å². The zero-order valence-electron chi connectivity index (χ0n) is 21.6. The highest BCUT2D eigenvalue weighted by Crippen LogP contribution is 2.41. The summed E-state index contributed by atoms with van der Waals surface area (Å²) in [6.07, 6.45) is 7.10. The lowest BCUT2D eigenvalue weighted by Crippen LogP contribution is -2.46. The number of hydrogen-bond donors (Lipinski definition) is 0. The van der Waals surface area contributed by atoms with Gasteiger partial charge in [-0.1, -0.05) is 44.2 Å². The summed E-state index contributed by atoms with van der Waals surface area (Å²) in [5.41, 5.74) is 0.470. The Morgan fingerprint density at radius 3 is 2.03 bits per heavy atom. The van der Waals surface area contributed by atoms with Gasteiger partial charge in [-0.05, 0) is 91.4 Å². The molecule has 2 aromatic rings. The minimum Gasteiger partial charge on any atom is -0.493 e. The maximum absolute atomic E-state index is 13.1. The number of halogens is 3. The maximum Gasteiger partial charge on any atom is 0.416 e. The fourth-order valence-electron chi connectivity index (χ4n) is 6.31. The van der Waals surface area contributed by atoms with Gasteiger partial charge in [0.2, 0.25) is 0 Å². The lowest BCUT2D eigenvalue weighted by molar-refractivity contribution is -0.137. The molecule has 1 heterocycles. The van der Waals surface area contributed by atoms with Gasteiger partial charge in [-0.15, -0.1) is 0 Å². The van der Waals surface area contributed by atoms with E-state index in [-0.39, 0.29) is 6.04 Å². The number of ether oxygens (including phenoxy) is 1. The molecule has 3 nitrogen and oxygen atoms in total. The van der Waals surface area contributed by atoms with Crippen LogP contribution in [-0.2, 0) is 6.18 Å². The van der Waals surface area contributed by atoms with Gasteiger partial charge in [0.1, 0.15) is 5.75 Å². The second-order valence-electron chi connectivity index (χ2n) is 11.0. The fourth-order valence-corrected chi connectivity index (χ4v) is 7.21. The molecule has 3 aliphatic rings. The third kappa shape index (κ3) is 7.24. The van der Waals surface area contributed by atoms with Crippen molar-refractivity contribution in [3.05, 3.63) is 59.7 Å². The quantitative estimate of drug-likeness (QED) is 0.318. The Bertz CT molecular complexity index is 962. The molecule has 0 amide bonds. The van der Waals surface area contributed by atoms with E-state index in [1.54, 1.807) is 24.1 Å². The molecule has 37 heavy (non-hydrogen) atoms. The predicted molar refractivity (Wildman–Crippen MR) is 144 cm³/mol. The van der Waals surface area contributed by atoms with Gasteiger partial charge in [0.05, 0.1) is 12.2 Å². The number of alkyl halides is 3. The minimum absolute atomic E-state index is 0.206. The minimum atomic E-state index is -4.29. The molecule has 2 aliphatic carbocycles. The third-order valence-corrected chi connectivity index (χ3v) is 9.47. The van der Waals surface area contributed by atoms with Gasteiger partial charge in [-0.3, -0.25) is 4.90 Å². The Labute approximate surface area is 223 Å². The van der Waals surface area contributed by atoms with Crippen LogP contribution in [0.15, 0.2) is 53.4 Å². The first-order valence-electron chi connectivity index (χ1n) is 14.0. The Kier molecular flexibility index (Phi) is 9.04. The van der Waals surface area contributed by atoms with Crippen LogP contribution < -0.4 is 4.74 Å². The molecule has 0 N–H and O–H groups in total. The van der Waals surface area contributed by atoms with Gasteiger partial charge in [-0.25, -0.2) is 4.31 Å². The standard InChI is InChI=1S/C30H39F3N2OS/c31-30(32,33)26-12-10-25(11-13-26)29(24-8-4-5-9-24)34-18-20-35(21-19-34)37-28-16-14-27(15-17-28)36-22-23-6-2-1-3-7-23/h10-17,23-24,29H,1-9,18-22H2. The van der Waals surface area contributed by atoms with E-state index >= 15 is 0 Å². The SMILES string of the molecule is FC(F)(F)c1ccc(C(C2CCCC2)N2CCN(Sc3ccc(OCC4CCCCC4)cc3)CC2)cc1. The first kappa shape index (κ1) is 26.9. The van der Waals surface area contributed by atoms with Gasteiger partial charge in [-0.2, -0.15) is 13.2 Å². The number of hydrogen-bond acceptors (Lipinski definition) is 4. The Morgan fingerprint density at radius 2 is 1.41 bits per heavy atom. The second kappa shape index (κ2) is 12.4. The van der Waals surface area contributed by atoms with E-state index in [1.165, 1.54) is 62.0 Å². The van der Waals surface area contributed by atoms with Gasteiger partial charge < -0.3 is 4.74 Å². The normalized spacial score (nSPS) is 21.8. The molecule has 7 heteroatoms. The van der Waals surface area contributed by atoms with Gasteiger partial charge in [0.25, 0.3) is 0 Å². The molecule has 1 saturated heterocycles. The average molecular weight is 533 g/mol. The van der Waals surface area contributed by atoms with Crippen molar-refractivity contribution < 1.29 is 17.9 Å². The van der Waals surface area contributed by atoms with E-state index in [0.717, 1.165) is 56.9 Å². The molecule has 1 unspecified atom stereocenters. The molecule has 202 valence electrons. The van der Waals surface area contributed by atoms with E-state index in [0.29, 0.717) is 11.8 Å². The number of rotatable bonds is 8. The fraction of sp³-hybridized carbons (Fsp3) is 0.600. The van der Waals surface area contributed by atoms with E-state index in [9.17, 15) is 13.2 Å². The number of nitrogens with zero attached hydrogens (tertiary/aromatic N) is 2. The molecular weight excluding hydrogens is 493 g/mol. The first-order valence-corrected chi connectivity index (χ1v) is 14.8. The molecule has 0 spiro atoms. The summed E-state index contributed by atoms with van der Waals surface area (Å²) in [5.74, 6) is 2.18. The molecule has 1 aliphatic heterocycles. The van der Waals surface area contributed by atoms with Crippen molar-refractivity contribution in [1.82, 2.24) is 9.21 Å². The molecule has 0 aromatic heterocycles. The van der Waals surface area contributed by atoms with Crippen LogP contribution >= 0.6 is 11.9 Å². The second-order valence-corrected chi connectivity index (χ2v) is 12.1. The predicted octanol–water partition coefficient (Wildman–Crippen LogP) is 8.22. The van der Waals surface area contributed by atoms with Crippen LogP contribution in [0.25, 0.3) is 0 Å².